The first kappa shape index (κ1) is 23.0. The van der Waals surface area contributed by atoms with Crippen LogP contribution in [-0.4, -0.2) is 62.1 Å². The third-order valence-corrected chi connectivity index (χ3v) is 4.54. The standard InChI is InChI=1S/C16H23Cl2N5O2.HI/c1-19-16(23-7-3-11(4-8-23)15(24)25-2)21-6-5-20-14-13(18)9-12(17)10-22-14;/h9-11H,3-8H2,1-2H3,(H,19,21)(H,20,22);1H. The summed E-state index contributed by atoms with van der Waals surface area (Å²) < 4.78 is 4.81. The van der Waals surface area contributed by atoms with Gasteiger partial charge in [0.05, 0.1) is 23.1 Å². The first-order valence-corrected chi connectivity index (χ1v) is 8.89. The van der Waals surface area contributed by atoms with Crippen molar-refractivity contribution < 1.29 is 9.53 Å². The van der Waals surface area contributed by atoms with Crippen LogP contribution in [-0.2, 0) is 9.53 Å². The first-order chi connectivity index (χ1) is 12.0. The van der Waals surface area contributed by atoms with Gasteiger partial charge >= 0.3 is 5.97 Å². The van der Waals surface area contributed by atoms with E-state index in [2.05, 4.69) is 25.5 Å². The number of aliphatic imine (C=N–C) groups is 1. The highest BCUT2D eigenvalue weighted by Gasteiger charge is 2.26. The van der Waals surface area contributed by atoms with Gasteiger partial charge in [0.2, 0.25) is 0 Å². The number of guanidine groups is 1. The van der Waals surface area contributed by atoms with Gasteiger partial charge in [0, 0.05) is 39.4 Å². The van der Waals surface area contributed by atoms with Crippen LogP contribution in [0.15, 0.2) is 17.3 Å². The topological polar surface area (TPSA) is 78.9 Å². The maximum absolute atomic E-state index is 11.6. The predicted octanol–water partition coefficient (Wildman–Crippen LogP) is 2.88. The fourth-order valence-corrected chi connectivity index (χ4v) is 3.17. The molecule has 2 N–H and O–H groups in total. The van der Waals surface area contributed by atoms with Gasteiger partial charge < -0.3 is 20.3 Å². The van der Waals surface area contributed by atoms with Gasteiger partial charge in [0.1, 0.15) is 5.82 Å². The van der Waals surface area contributed by atoms with E-state index in [1.54, 1.807) is 19.3 Å². The van der Waals surface area contributed by atoms with Crippen molar-refractivity contribution in [2.75, 3.05) is 45.7 Å². The molecule has 0 amide bonds. The normalized spacial score (nSPS) is 15.2. The average molecular weight is 516 g/mol. The monoisotopic (exact) mass is 515 g/mol. The molecule has 1 fully saturated rings. The molecule has 0 aromatic carbocycles. The molecule has 0 aliphatic carbocycles. The van der Waals surface area contributed by atoms with E-state index in [9.17, 15) is 4.79 Å². The number of methoxy groups -OCH3 is 1. The number of carbonyl (C=O) groups excluding carboxylic acids is 1. The molecule has 2 heterocycles. The SMILES string of the molecule is CN=C(NCCNc1ncc(Cl)cc1Cl)N1CCC(C(=O)OC)CC1.I. The largest absolute Gasteiger partial charge is 0.469 e. The lowest BCUT2D eigenvalue weighted by atomic mass is 9.97. The molecule has 10 heteroatoms. The van der Waals surface area contributed by atoms with Gasteiger partial charge in [-0.2, -0.15) is 0 Å². The molecule has 0 spiro atoms. The third kappa shape index (κ3) is 6.62. The van der Waals surface area contributed by atoms with Gasteiger partial charge in [-0.05, 0) is 18.9 Å². The molecule has 0 unspecified atom stereocenters. The highest BCUT2D eigenvalue weighted by molar-refractivity contribution is 14.0. The number of ether oxygens (including phenoxy) is 1. The second-order valence-electron chi connectivity index (χ2n) is 5.67. The van der Waals surface area contributed by atoms with E-state index in [1.807, 2.05) is 0 Å². The summed E-state index contributed by atoms with van der Waals surface area (Å²) in [4.78, 5) is 22.2. The molecule has 146 valence electrons. The Hall–Kier alpha value is -1.000. The average Bonchev–Trinajstić information content (AvgIpc) is 2.63. The first-order valence-electron chi connectivity index (χ1n) is 8.13. The molecule has 1 saturated heterocycles. The molecule has 0 bridgehead atoms. The maximum atomic E-state index is 11.6. The number of hydrogen-bond acceptors (Lipinski definition) is 5. The number of aromatic nitrogens is 1. The Morgan fingerprint density at radius 3 is 2.65 bits per heavy atom. The fraction of sp³-hybridized carbons (Fsp3) is 0.562. The van der Waals surface area contributed by atoms with E-state index in [0.29, 0.717) is 29.0 Å². The lowest BCUT2D eigenvalue weighted by Gasteiger charge is -2.33. The van der Waals surface area contributed by atoms with Crippen molar-refractivity contribution in [2.45, 2.75) is 12.8 Å². The van der Waals surface area contributed by atoms with Crippen LogP contribution in [0.1, 0.15) is 12.8 Å². The predicted molar refractivity (Wildman–Crippen MR) is 116 cm³/mol. The summed E-state index contributed by atoms with van der Waals surface area (Å²) in [7, 11) is 3.18. The number of anilines is 1. The van der Waals surface area contributed by atoms with Gasteiger partial charge in [0.25, 0.3) is 0 Å². The second kappa shape index (κ2) is 11.7. The van der Waals surface area contributed by atoms with Crippen LogP contribution in [0.3, 0.4) is 0 Å². The molecule has 26 heavy (non-hydrogen) atoms. The Kier molecular flexibility index (Phi) is 10.3. The van der Waals surface area contributed by atoms with E-state index in [1.165, 1.54) is 7.11 Å². The van der Waals surface area contributed by atoms with E-state index in [-0.39, 0.29) is 35.9 Å². The number of esters is 1. The summed E-state index contributed by atoms with van der Waals surface area (Å²) in [5, 5.41) is 7.44. The van der Waals surface area contributed by atoms with Gasteiger partial charge in [-0.3, -0.25) is 9.79 Å². The van der Waals surface area contributed by atoms with Crippen LogP contribution in [0, 0.1) is 5.92 Å². The zero-order chi connectivity index (χ0) is 18.2. The van der Waals surface area contributed by atoms with Crippen LogP contribution in [0.25, 0.3) is 0 Å². The fourth-order valence-electron chi connectivity index (χ4n) is 2.73. The minimum Gasteiger partial charge on any atom is -0.469 e. The number of nitrogens with zero attached hydrogens (tertiary/aromatic N) is 3. The van der Waals surface area contributed by atoms with Crippen LogP contribution in [0.4, 0.5) is 5.82 Å². The molecule has 0 atom stereocenters. The Balaban J connectivity index is 0.00000338. The van der Waals surface area contributed by atoms with E-state index in [4.69, 9.17) is 27.9 Å². The van der Waals surface area contributed by atoms with Crippen molar-refractivity contribution >= 4 is 64.9 Å². The number of hydrogen-bond donors (Lipinski definition) is 2. The van der Waals surface area contributed by atoms with E-state index < -0.39 is 0 Å². The number of nitrogens with one attached hydrogen (secondary N) is 2. The lowest BCUT2D eigenvalue weighted by Crippen LogP contribution is -2.47. The zero-order valence-corrected chi connectivity index (χ0v) is 18.6. The van der Waals surface area contributed by atoms with Crippen LogP contribution >= 0.6 is 47.2 Å². The van der Waals surface area contributed by atoms with E-state index in [0.717, 1.165) is 31.9 Å². The molecule has 1 aromatic rings. The molecular weight excluding hydrogens is 492 g/mol. The lowest BCUT2D eigenvalue weighted by molar-refractivity contribution is -0.146. The Morgan fingerprint density at radius 2 is 2.08 bits per heavy atom. The van der Waals surface area contributed by atoms with Gasteiger partial charge in [-0.15, -0.1) is 24.0 Å². The van der Waals surface area contributed by atoms with Gasteiger partial charge in [0.15, 0.2) is 5.96 Å². The van der Waals surface area contributed by atoms with Crippen molar-refractivity contribution in [1.82, 2.24) is 15.2 Å². The van der Waals surface area contributed by atoms with Crippen molar-refractivity contribution in [1.29, 1.82) is 0 Å². The van der Waals surface area contributed by atoms with Crippen molar-refractivity contribution in [3.8, 4) is 0 Å². The molecule has 1 aliphatic heterocycles. The summed E-state index contributed by atoms with van der Waals surface area (Å²) in [6, 6.07) is 1.65. The van der Waals surface area contributed by atoms with Crippen molar-refractivity contribution in [2.24, 2.45) is 10.9 Å². The minimum atomic E-state index is -0.126. The third-order valence-electron chi connectivity index (χ3n) is 4.05. The van der Waals surface area contributed by atoms with Crippen molar-refractivity contribution in [3.63, 3.8) is 0 Å². The Morgan fingerprint density at radius 1 is 1.38 bits per heavy atom. The smallest absolute Gasteiger partial charge is 0.308 e. The molecular formula is C16H24Cl2IN5O2. The zero-order valence-electron chi connectivity index (χ0n) is 14.8. The number of likely N-dealkylation sites (tertiary alicyclic amines) is 1. The van der Waals surface area contributed by atoms with Crippen molar-refractivity contribution in [3.05, 3.63) is 22.3 Å². The minimum absolute atomic E-state index is 0. The quantitative estimate of drug-likeness (QED) is 0.206. The molecule has 1 aliphatic rings. The molecule has 0 radical (unpaired) electrons. The Bertz CT molecular complexity index is 625. The van der Waals surface area contributed by atoms with Crippen LogP contribution in [0.5, 0.6) is 0 Å². The maximum Gasteiger partial charge on any atom is 0.308 e. The molecule has 2 rings (SSSR count). The summed E-state index contributed by atoms with van der Waals surface area (Å²) >= 11 is 11.9. The number of rotatable bonds is 5. The van der Waals surface area contributed by atoms with Gasteiger partial charge in [-0.25, -0.2) is 4.98 Å². The molecule has 1 aromatic heterocycles. The Labute approximate surface area is 180 Å². The summed E-state index contributed by atoms with van der Waals surface area (Å²) in [5.41, 5.74) is 0. The van der Waals surface area contributed by atoms with Gasteiger partial charge in [-0.1, -0.05) is 23.2 Å². The number of piperidine rings is 1. The summed E-state index contributed by atoms with van der Waals surface area (Å²) in [6.07, 6.45) is 3.10. The molecule has 0 saturated carbocycles. The highest BCUT2D eigenvalue weighted by Crippen LogP contribution is 2.22. The number of halogens is 3. The van der Waals surface area contributed by atoms with Crippen LogP contribution < -0.4 is 10.6 Å². The van der Waals surface area contributed by atoms with Crippen LogP contribution in [0.2, 0.25) is 10.0 Å². The number of pyridine rings is 1. The highest BCUT2D eigenvalue weighted by atomic mass is 127. The summed E-state index contributed by atoms with van der Waals surface area (Å²) in [6.45, 7) is 2.84. The number of carbonyl (C=O) groups is 1. The molecule has 7 nitrogen and oxygen atoms in total. The second-order valence-corrected chi connectivity index (χ2v) is 6.51. The summed E-state index contributed by atoms with van der Waals surface area (Å²) in [5.74, 6) is 1.28. The van der Waals surface area contributed by atoms with E-state index >= 15 is 0 Å².